The van der Waals surface area contributed by atoms with Crippen LogP contribution in [0.5, 0.6) is 0 Å². The van der Waals surface area contributed by atoms with Crippen molar-refractivity contribution in [2.75, 3.05) is 0 Å². The maximum absolute atomic E-state index is 13.1. The number of benzene rings is 2. The number of hydrogen-bond donors (Lipinski definition) is 0. The lowest BCUT2D eigenvalue weighted by Gasteiger charge is -2.16. The van der Waals surface area contributed by atoms with Crippen LogP contribution in [-0.2, 0) is 0 Å². The molecule has 1 saturated heterocycles. The molecular formula is C23H14ClN5O3. The van der Waals surface area contributed by atoms with Gasteiger partial charge in [-0.25, -0.2) is 5.01 Å². The number of carbonyl (C=O) groups excluding carboxylic acids is 2. The third kappa shape index (κ3) is 2.84. The van der Waals surface area contributed by atoms with Crippen molar-refractivity contribution in [3.05, 3.63) is 101 Å². The van der Waals surface area contributed by atoms with Gasteiger partial charge in [0.25, 0.3) is 11.8 Å². The quantitative estimate of drug-likeness (QED) is 0.346. The normalized spacial score (nSPS) is 21.7. The number of halogens is 1. The average molecular weight is 444 g/mol. The van der Waals surface area contributed by atoms with Crippen LogP contribution in [0.3, 0.4) is 0 Å². The molecule has 0 N–H and O–H groups in total. The van der Waals surface area contributed by atoms with Crippen molar-refractivity contribution in [3.8, 4) is 11.4 Å². The zero-order chi connectivity index (χ0) is 21.8. The summed E-state index contributed by atoms with van der Waals surface area (Å²) in [5.74, 6) is -0.0863. The molecule has 9 heteroatoms. The molecule has 2 amide bonds. The van der Waals surface area contributed by atoms with Gasteiger partial charge in [0, 0.05) is 23.0 Å². The van der Waals surface area contributed by atoms with Crippen molar-refractivity contribution in [1.82, 2.24) is 25.1 Å². The molecule has 2 aliphatic heterocycles. The van der Waals surface area contributed by atoms with Crippen LogP contribution in [0.15, 0.2) is 77.6 Å². The van der Waals surface area contributed by atoms with Crippen LogP contribution in [0.1, 0.15) is 44.3 Å². The number of aromatic nitrogens is 3. The summed E-state index contributed by atoms with van der Waals surface area (Å²) >= 11 is 6.21. The minimum absolute atomic E-state index is 0.297. The first-order valence-corrected chi connectivity index (χ1v) is 10.3. The molecule has 8 nitrogen and oxygen atoms in total. The summed E-state index contributed by atoms with van der Waals surface area (Å²) in [6.45, 7) is 0. The van der Waals surface area contributed by atoms with Gasteiger partial charge in [-0.1, -0.05) is 41.0 Å². The molecule has 0 saturated carbocycles. The molecule has 1 fully saturated rings. The summed E-state index contributed by atoms with van der Waals surface area (Å²) in [5.41, 5.74) is 2.28. The second-order valence-corrected chi connectivity index (χ2v) is 7.93. The van der Waals surface area contributed by atoms with E-state index in [9.17, 15) is 9.59 Å². The van der Waals surface area contributed by atoms with Crippen molar-refractivity contribution in [2.24, 2.45) is 0 Å². The molecule has 3 atom stereocenters. The molecule has 0 bridgehead atoms. The van der Waals surface area contributed by atoms with E-state index in [1.165, 1.54) is 0 Å². The Morgan fingerprint density at radius 2 is 1.69 bits per heavy atom. The molecule has 0 spiro atoms. The summed E-state index contributed by atoms with van der Waals surface area (Å²) < 4.78 is 5.55. The fourth-order valence-electron chi connectivity index (χ4n) is 4.10. The van der Waals surface area contributed by atoms with Crippen molar-refractivity contribution < 1.29 is 14.1 Å². The van der Waals surface area contributed by atoms with Crippen LogP contribution in [0, 0.1) is 0 Å². The number of hydrogen-bond acceptors (Lipinski definition) is 7. The first-order valence-electron chi connectivity index (χ1n) is 9.89. The minimum atomic E-state index is -0.492. The van der Waals surface area contributed by atoms with Crippen molar-refractivity contribution >= 4 is 23.4 Å². The first kappa shape index (κ1) is 18.9. The summed E-state index contributed by atoms with van der Waals surface area (Å²) in [4.78, 5) is 34.8. The molecule has 156 valence electrons. The average Bonchev–Trinajstić information content (AvgIpc) is 3.23. The largest absolute Gasteiger partial charge is 0.337 e. The highest BCUT2D eigenvalue weighted by Gasteiger charge is 2.61. The fraction of sp³-hybridized carbons (Fsp3) is 0.0870. The van der Waals surface area contributed by atoms with Gasteiger partial charge in [0.05, 0.1) is 17.2 Å². The minimum Gasteiger partial charge on any atom is -0.337 e. The van der Waals surface area contributed by atoms with Gasteiger partial charge in [-0.05, 0) is 42.0 Å². The summed E-state index contributed by atoms with van der Waals surface area (Å²) in [7, 11) is 0. The third-order valence-corrected chi connectivity index (χ3v) is 5.82. The predicted molar refractivity (Wildman–Crippen MR) is 113 cm³/mol. The monoisotopic (exact) mass is 443 g/mol. The van der Waals surface area contributed by atoms with Crippen LogP contribution in [0.2, 0.25) is 5.02 Å². The molecular weight excluding hydrogens is 430 g/mol. The summed E-state index contributed by atoms with van der Waals surface area (Å²) in [5, 5.41) is 7.44. The Bertz CT molecular complexity index is 1340. The van der Waals surface area contributed by atoms with Crippen LogP contribution in [-0.4, -0.2) is 37.0 Å². The van der Waals surface area contributed by atoms with E-state index in [0.717, 1.165) is 10.6 Å². The number of imide groups is 1. The molecule has 2 aromatic heterocycles. The number of nitrogens with zero attached hydrogens (tertiary/aromatic N) is 5. The number of fused-ring (bicyclic) bond motifs is 1. The van der Waals surface area contributed by atoms with Crippen LogP contribution < -0.4 is 0 Å². The van der Waals surface area contributed by atoms with E-state index in [1.807, 2.05) is 18.2 Å². The molecule has 6 rings (SSSR count). The predicted octanol–water partition coefficient (Wildman–Crippen LogP) is 4.09. The SMILES string of the molecule is O=C1c2ccccc2C(=O)N1N1C(c2cccc(Cl)c2)C1c1nc(-c2cccnc2)no1. The molecule has 3 unspecified atom stereocenters. The van der Waals surface area contributed by atoms with Crippen molar-refractivity contribution in [1.29, 1.82) is 0 Å². The van der Waals surface area contributed by atoms with Gasteiger partial charge in [0.2, 0.25) is 11.7 Å². The second-order valence-electron chi connectivity index (χ2n) is 7.49. The van der Waals surface area contributed by atoms with Gasteiger partial charge in [-0.2, -0.15) is 9.99 Å². The highest BCUT2D eigenvalue weighted by molar-refractivity contribution is 6.30. The van der Waals surface area contributed by atoms with Gasteiger partial charge in [-0.3, -0.25) is 14.6 Å². The second kappa shape index (κ2) is 7.08. The molecule has 0 radical (unpaired) electrons. The lowest BCUT2D eigenvalue weighted by molar-refractivity contribution is 0.0332. The van der Waals surface area contributed by atoms with E-state index in [0.29, 0.717) is 33.4 Å². The van der Waals surface area contributed by atoms with Crippen molar-refractivity contribution in [3.63, 3.8) is 0 Å². The van der Waals surface area contributed by atoms with Crippen LogP contribution in [0.25, 0.3) is 11.4 Å². The van der Waals surface area contributed by atoms with E-state index < -0.39 is 6.04 Å². The topological polar surface area (TPSA) is 92.2 Å². The standard InChI is InChI=1S/C23H14ClN5O3/c24-15-7-3-5-13(11-15)18-19(21-26-20(27-32-21)14-6-4-10-25-12-14)28(18)29-22(30)16-8-1-2-9-17(16)23(29)31/h1-12,18-19H. The Morgan fingerprint density at radius 3 is 2.38 bits per heavy atom. The van der Waals surface area contributed by atoms with E-state index in [2.05, 4.69) is 15.1 Å². The first-order chi connectivity index (χ1) is 15.6. The van der Waals surface area contributed by atoms with Gasteiger partial charge < -0.3 is 4.52 Å². The Labute approximate surface area is 187 Å². The Hall–Kier alpha value is -3.88. The Balaban J connectivity index is 1.40. The lowest BCUT2D eigenvalue weighted by Crippen LogP contribution is -2.35. The summed E-state index contributed by atoms with van der Waals surface area (Å²) in [6, 6.07) is 16.8. The van der Waals surface area contributed by atoms with E-state index in [1.54, 1.807) is 59.9 Å². The molecule has 4 heterocycles. The van der Waals surface area contributed by atoms with Crippen LogP contribution >= 0.6 is 11.6 Å². The molecule has 2 aromatic carbocycles. The smallest absolute Gasteiger partial charge is 0.276 e. The number of rotatable bonds is 4. The van der Waals surface area contributed by atoms with E-state index in [-0.39, 0.29) is 17.9 Å². The van der Waals surface area contributed by atoms with E-state index >= 15 is 0 Å². The third-order valence-electron chi connectivity index (χ3n) is 5.59. The maximum Gasteiger partial charge on any atom is 0.276 e. The molecule has 0 aliphatic carbocycles. The number of carbonyl (C=O) groups is 2. The van der Waals surface area contributed by atoms with E-state index in [4.69, 9.17) is 16.1 Å². The highest BCUT2D eigenvalue weighted by Crippen LogP contribution is 2.56. The maximum atomic E-state index is 13.1. The number of amides is 2. The van der Waals surface area contributed by atoms with Gasteiger partial charge >= 0.3 is 0 Å². The fourth-order valence-corrected chi connectivity index (χ4v) is 4.30. The van der Waals surface area contributed by atoms with Gasteiger partial charge in [0.15, 0.2) is 0 Å². The number of pyridine rings is 1. The number of hydrazine groups is 1. The zero-order valence-electron chi connectivity index (χ0n) is 16.4. The highest BCUT2D eigenvalue weighted by atomic mass is 35.5. The van der Waals surface area contributed by atoms with Crippen LogP contribution in [0.4, 0.5) is 0 Å². The van der Waals surface area contributed by atoms with Crippen molar-refractivity contribution in [2.45, 2.75) is 12.1 Å². The summed E-state index contributed by atoms with van der Waals surface area (Å²) in [6.07, 6.45) is 3.29. The van der Waals surface area contributed by atoms with Gasteiger partial charge in [0.1, 0.15) is 6.04 Å². The molecule has 4 aromatic rings. The zero-order valence-corrected chi connectivity index (χ0v) is 17.2. The molecule has 2 aliphatic rings. The molecule has 32 heavy (non-hydrogen) atoms. The Kier molecular flexibility index (Phi) is 4.17. The lowest BCUT2D eigenvalue weighted by atomic mass is 10.1. The van der Waals surface area contributed by atoms with Gasteiger partial charge in [-0.15, -0.1) is 0 Å². The Morgan fingerprint density at radius 1 is 0.906 bits per heavy atom.